The van der Waals surface area contributed by atoms with Crippen LogP contribution in [0.3, 0.4) is 0 Å². The minimum Gasteiger partial charge on any atom is -0.395 e. The van der Waals surface area contributed by atoms with Gasteiger partial charge in [0.15, 0.2) is 0 Å². The fourth-order valence-electron chi connectivity index (χ4n) is 1.85. The molecule has 2 aromatic carbocycles. The van der Waals surface area contributed by atoms with Crippen molar-refractivity contribution in [3.8, 4) is 0 Å². The Kier molecular flexibility index (Phi) is 5.87. The lowest BCUT2D eigenvalue weighted by Gasteiger charge is -2.09. The number of hydrogen-bond donors (Lipinski definition) is 0. The second-order valence-corrected chi connectivity index (χ2v) is 5.10. The number of alkyl halides is 1. The molecular weight excluding hydrogens is 340 g/mol. The topological polar surface area (TPSA) is 21.6 Å². The summed E-state index contributed by atoms with van der Waals surface area (Å²) in [5.74, 6) is -0.753. The predicted octanol–water partition coefficient (Wildman–Crippen LogP) is 4.32. The van der Waals surface area contributed by atoms with Gasteiger partial charge in [0, 0.05) is 17.3 Å². The van der Waals surface area contributed by atoms with Gasteiger partial charge in [-0.15, -0.1) is 0 Å². The van der Waals surface area contributed by atoms with Gasteiger partial charge in [0.1, 0.15) is 18.2 Å². The number of benzene rings is 2. The van der Waals surface area contributed by atoms with Gasteiger partial charge in [-0.3, -0.25) is 0 Å². The Morgan fingerprint density at radius 2 is 1.67 bits per heavy atom. The molecule has 110 valence electrons. The average molecular weight is 354 g/mol. The highest BCUT2D eigenvalue weighted by molar-refractivity contribution is 9.09. The standard InChI is InChI=1S/C16H14BrF2NO/c17-9-10-21-20-16(13-6-2-4-8-15(13)19)11-12-5-1-3-7-14(12)18/h1-8H,9-11H2/b20-16+. The van der Waals surface area contributed by atoms with Crippen molar-refractivity contribution in [2.45, 2.75) is 6.42 Å². The Morgan fingerprint density at radius 1 is 1.00 bits per heavy atom. The van der Waals surface area contributed by atoms with E-state index in [1.165, 1.54) is 12.1 Å². The lowest BCUT2D eigenvalue weighted by atomic mass is 10.0. The molecule has 0 radical (unpaired) electrons. The van der Waals surface area contributed by atoms with Crippen molar-refractivity contribution in [3.05, 3.63) is 71.3 Å². The van der Waals surface area contributed by atoms with E-state index >= 15 is 0 Å². The third-order valence-corrected chi connectivity index (χ3v) is 3.17. The smallest absolute Gasteiger partial charge is 0.132 e. The van der Waals surface area contributed by atoms with E-state index in [1.54, 1.807) is 36.4 Å². The molecule has 21 heavy (non-hydrogen) atoms. The molecule has 0 saturated carbocycles. The number of rotatable bonds is 6. The normalized spacial score (nSPS) is 11.5. The van der Waals surface area contributed by atoms with E-state index in [9.17, 15) is 8.78 Å². The lowest BCUT2D eigenvalue weighted by Crippen LogP contribution is -2.10. The summed E-state index contributed by atoms with van der Waals surface area (Å²) in [7, 11) is 0. The highest BCUT2D eigenvalue weighted by atomic mass is 79.9. The Morgan fingerprint density at radius 3 is 2.33 bits per heavy atom. The first kappa shape index (κ1) is 15.6. The molecule has 0 amide bonds. The average Bonchev–Trinajstić information content (AvgIpc) is 2.49. The van der Waals surface area contributed by atoms with Gasteiger partial charge >= 0.3 is 0 Å². The van der Waals surface area contributed by atoms with Gasteiger partial charge in [0.05, 0.1) is 5.71 Å². The first-order chi connectivity index (χ1) is 10.2. The van der Waals surface area contributed by atoms with E-state index in [-0.39, 0.29) is 12.2 Å². The fourth-order valence-corrected chi connectivity index (χ4v) is 2.00. The van der Waals surface area contributed by atoms with E-state index in [1.807, 2.05) is 0 Å². The maximum atomic E-state index is 13.9. The van der Waals surface area contributed by atoms with Crippen molar-refractivity contribution < 1.29 is 13.6 Å². The lowest BCUT2D eigenvalue weighted by molar-refractivity contribution is 0.161. The second-order valence-electron chi connectivity index (χ2n) is 4.31. The monoisotopic (exact) mass is 353 g/mol. The van der Waals surface area contributed by atoms with Crippen LogP contribution >= 0.6 is 15.9 Å². The molecule has 2 rings (SSSR count). The van der Waals surface area contributed by atoms with Crippen LogP contribution < -0.4 is 0 Å². The van der Waals surface area contributed by atoms with Gasteiger partial charge in [-0.2, -0.15) is 0 Å². The van der Waals surface area contributed by atoms with Crippen LogP contribution in [-0.2, 0) is 11.3 Å². The zero-order valence-corrected chi connectivity index (χ0v) is 12.8. The molecule has 0 aliphatic carbocycles. The van der Waals surface area contributed by atoms with Crippen molar-refractivity contribution in [1.82, 2.24) is 0 Å². The Labute approximate surface area is 130 Å². The first-order valence-corrected chi connectivity index (χ1v) is 7.57. The van der Waals surface area contributed by atoms with Crippen LogP contribution in [-0.4, -0.2) is 17.6 Å². The zero-order chi connectivity index (χ0) is 15.1. The van der Waals surface area contributed by atoms with Gasteiger partial charge in [-0.25, -0.2) is 8.78 Å². The highest BCUT2D eigenvalue weighted by Gasteiger charge is 2.13. The summed E-state index contributed by atoms with van der Waals surface area (Å²) in [5.41, 5.74) is 1.12. The maximum absolute atomic E-state index is 13.9. The van der Waals surface area contributed by atoms with Crippen molar-refractivity contribution in [2.24, 2.45) is 5.16 Å². The zero-order valence-electron chi connectivity index (χ0n) is 11.2. The second kappa shape index (κ2) is 7.88. The summed E-state index contributed by atoms with van der Waals surface area (Å²) in [5, 5.41) is 4.57. The van der Waals surface area contributed by atoms with E-state index in [4.69, 9.17) is 4.84 Å². The molecule has 0 saturated heterocycles. The van der Waals surface area contributed by atoms with Crippen LogP contribution in [0.2, 0.25) is 0 Å². The van der Waals surface area contributed by atoms with Crippen molar-refractivity contribution in [2.75, 3.05) is 11.9 Å². The number of nitrogens with zero attached hydrogens (tertiary/aromatic N) is 1. The van der Waals surface area contributed by atoms with Crippen LogP contribution in [0.5, 0.6) is 0 Å². The van der Waals surface area contributed by atoms with Gasteiger partial charge < -0.3 is 4.84 Å². The Bertz CT molecular complexity index is 631. The molecule has 0 aliphatic rings. The third kappa shape index (κ3) is 4.36. The van der Waals surface area contributed by atoms with E-state index in [0.29, 0.717) is 28.8 Å². The molecule has 5 heteroatoms. The minimum absolute atomic E-state index is 0.163. The molecule has 2 nitrogen and oxygen atoms in total. The van der Waals surface area contributed by atoms with Gasteiger partial charge in [0.25, 0.3) is 0 Å². The Hall–Kier alpha value is -1.75. The summed E-state index contributed by atoms with van der Waals surface area (Å²) in [6.07, 6.45) is 0.163. The number of hydrogen-bond acceptors (Lipinski definition) is 2. The van der Waals surface area contributed by atoms with Crippen LogP contribution in [0.25, 0.3) is 0 Å². The summed E-state index contributed by atoms with van der Waals surface area (Å²) in [6, 6.07) is 12.6. The Balaban J connectivity index is 2.31. The quantitative estimate of drug-likeness (QED) is 0.328. The molecule has 0 fully saturated rings. The largest absolute Gasteiger partial charge is 0.395 e. The molecule has 0 heterocycles. The SMILES string of the molecule is Fc1ccccc1C/C(=N\OCCBr)c1ccccc1F. The molecule has 0 aliphatic heterocycles. The van der Waals surface area contributed by atoms with Gasteiger partial charge in [-0.1, -0.05) is 57.5 Å². The van der Waals surface area contributed by atoms with Crippen LogP contribution in [0.1, 0.15) is 11.1 Å². The number of oxime groups is 1. The van der Waals surface area contributed by atoms with Gasteiger partial charge in [0.2, 0.25) is 0 Å². The van der Waals surface area contributed by atoms with Crippen molar-refractivity contribution >= 4 is 21.6 Å². The molecule has 0 aromatic heterocycles. The first-order valence-electron chi connectivity index (χ1n) is 6.45. The minimum atomic E-state index is -0.407. The number of halogens is 3. The molecular formula is C16H14BrF2NO. The van der Waals surface area contributed by atoms with E-state index < -0.39 is 5.82 Å². The molecule has 0 spiro atoms. The van der Waals surface area contributed by atoms with Crippen molar-refractivity contribution in [3.63, 3.8) is 0 Å². The molecule has 0 bridgehead atoms. The molecule has 0 N–H and O–H groups in total. The third-order valence-electron chi connectivity index (χ3n) is 2.84. The maximum Gasteiger partial charge on any atom is 0.132 e. The summed E-state index contributed by atoms with van der Waals surface area (Å²) in [6.45, 7) is 0.356. The van der Waals surface area contributed by atoms with Crippen LogP contribution in [0.15, 0.2) is 53.7 Å². The summed E-state index contributed by atoms with van der Waals surface area (Å²) in [4.78, 5) is 5.12. The summed E-state index contributed by atoms with van der Waals surface area (Å²) >= 11 is 3.22. The predicted molar refractivity (Wildman–Crippen MR) is 82.8 cm³/mol. The van der Waals surface area contributed by atoms with Gasteiger partial charge in [-0.05, 0) is 17.7 Å². The van der Waals surface area contributed by atoms with Crippen molar-refractivity contribution in [1.29, 1.82) is 0 Å². The highest BCUT2D eigenvalue weighted by Crippen LogP contribution is 2.15. The fraction of sp³-hybridized carbons (Fsp3) is 0.188. The summed E-state index contributed by atoms with van der Waals surface area (Å²) < 4.78 is 27.7. The van der Waals surface area contributed by atoms with Crippen LogP contribution in [0.4, 0.5) is 8.78 Å². The van der Waals surface area contributed by atoms with E-state index in [0.717, 1.165) is 0 Å². The van der Waals surface area contributed by atoms with Crippen LogP contribution in [0, 0.1) is 11.6 Å². The molecule has 2 aromatic rings. The van der Waals surface area contributed by atoms with E-state index in [2.05, 4.69) is 21.1 Å². The molecule has 0 atom stereocenters. The molecule has 0 unspecified atom stereocenters.